The van der Waals surface area contributed by atoms with Crippen LogP contribution in [0, 0.1) is 0 Å². The van der Waals surface area contributed by atoms with Gasteiger partial charge in [-0.05, 0) is 29.8 Å². The second-order valence-corrected chi connectivity index (χ2v) is 4.45. The maximum Gasteiger partial charge on any atom is 0.407 e. The molecule has 0 spiro atoms. The van der Waals surface area contributed by atoms with E-state index in [1.54, 1.807) is 30.5 Å². The average Bonchev–Trinajstić information content (AvgIpc) is 2.44. The van der Waals surface area contributed by atoms with Crippen molar-refractivity contribution < 1.29 is 15.0 Å². The summed E-state index contributed by atoms with van der Waals surface area (Å²) in [4.78, 5) is 16.7. The molecule has 0 atom stereocenters. The number of nitrogens with zero attached hydrogens (tertiary/aromatic N) is 2. The van der Waals surface area contributed by atoms with Crippen LogP contribution in [0.5, 0.6) is 5.75 Å². The Balaban J connectivity index is 1.99. The van der Waals surface area contributed by atoms with Crippen molar-refractivity contribution in [2.75, 3.05) is 6.54 Å². The lowest BCUT2D eigenvalue weighted by molar-refractivity contribution is 0.142. The van der Waals surface area contributed by atoms with Gasteiger partial charge in [0, 0.05) is 31.4 Å². The van der Waals surface area contributed by atoms with Crippen LogP contribution in [-0.4, -0.2) is 32.7 Å². The molecule has 0 saturated carbocycles. The van der Waals surface area contributed by atoms with Crippen molar-refractivity contribution in [1.82, 2.24) is 9.88 Å². The molecule has 0 aliphatic rings. The van der Waals surface area contributed by atoms with E-state index in [0.29, 0.717) is 13.0 Å². The van der Waals surface area contributed by atoms with Crippen LogP contribution >= 0.6 is 0 Å². The maximum absolute atomic E-state index is 11.3. The van der Waals surface area contributed by atoms with Gasteiger partial charge in [-0.15, -0.1) is 0 Å². The Labute approximate surface area is 117 Å². The molecule has 0 radical (unpaired) electrons. The lowest BCUT2D eigenvalue weighted by atomic mass is 10.2. The van der Waals surface area contributed by atoms with Crippen LogP contribution in [-0.2, 0) is 13.0 Å². The predicted molar refractivity (Wildman–Crippen MR) is 74.5 cm³/mol. The van der Waals surface area contributed by atoms with Gasteiger partial charge in [-0.25, -0.2) is 4.79 Å². The number of phenols is 1. The molecule has 5 heteroatoms. The first kappa shape index (κ1) is 13.9. The highest BCUT2D eigenvalue weighted by Crippen LogP contribution is 2.13. The highest BCUT2D eigenvalue weighted by atomic mass is 16.4. The molecule has 0 unspecified atom stereocenters. The standard InChI is InChI=1S/C15H16N2O3/c18-14-6-3-4-12(10-14)11-17(15(19)20)9-7-13-5-1-2-8-16-13/h1-6,8,10,18H,7,9,11H2,(H,19,20). The Morgan fingerprint density at radius 1 is 1.20 bits per heavy atom. The van der Waals surface area contributed by atoms with E-state index in [4.69, 9.17) is 0 Å². The van der Waals surface area contributed by atoms with Crippen molar-refractivity contribution in [3.8, 4) is 5.75 Å². The van der Waals surface area contributed by atoms with E-state index in [2.05, 4.69) is 4.98 Å². The molecule has 0 aliphatic carbocycles. The zero-order chi connectivity index (χ0) is 14.4. The quantitative estimate of drug-likeness (QED) is 0.877. The number of aromatic nitrogens is 1. The first-order valence-corrected chi connectivity index (χ1v) is 6.31. The van der Waals surface area contributed by atoms with Crippen LogP contribution in [0.25, 0.3) is 0 Å². The number of carboxylic acid groups (broad SMARTS) is 1. The van der Waals surface area contributed by atoms with E-state index in [1.165, 1.54) is 4.90 Å². The molecule has 2 N–H and O–H groups in total. The summed E-state index contributed by atoms with van der Waals surface area (Å²) in [7, 11) is 0. The van der Waals surface area contributed by atoms with Gasteiger partial charge in [0.15, 0.2) is 0 Å². The summed E-state index contributed by atoms with van der Waals surface area (Å²) in [6.45, 7) is 0.610. The van der Waals surface area contributed by atoms with Crippen LogP contribution < -0.4 is 0 Å². The summed E-state index contributed by atoms with van der Waals surface area (Å²) >= 11 is 0. The summed E-state index contributed by atoms with van der Waals surface area (Å²) < 4.78 is 0. The van der Waals surface area contributed by atoms with Gasteiger partial charge in [0.25, 0.3) is 0 Å². The number of amides is 1. The van der Waals surface area contributed by atoms with Gasteiger partial charge in [-0.1, -0.05) is 18.2 Å². The van der Waals surface area contributed by atoms with Gasteiger partial charge >= 0.3 is 6.09 Å². The molecule has 0 saturated heterocycles. The Kier molecular flexibility index (Phi) is 4.55. The highest BCUT2D eigenvalue weighted by molar-refractivity contribution is 5.65. The fourth-order valence-electron chi connectivity index (χ4n) is 1.91. The molecule has 2 rings (SSSR count). The smallest absolute Gasteiger partial charge is 0.407 e. The minimum atomic E-state index is -0.982. The number of phenolic OH excluding ortho intramolecular Hbond substituents is 1. The monoisotopic (exact) mass is 272 g/mol. The van der Waals surface area contributed by atoms with Crippen molar-refractivity contribution in [2.24, 2.45) is 0 Å². The van der Waals surface area contributed by atoms with E-state index in [-0.39, 0.29) is 12.3 Å². The number of hydrogen-bond acceptors (Lipinski definition) is 3. The lowest BCUT2D eigenvalue weighted by Crippen LogP contribution is -2.31. The fraction of sp³-hybridized carbons (Fsp3) is 0.200. The molecule has 2 aromatic rings. The molecule has 20 heavy (non-hydrogen) atoms. The number of pyridine rings is 1. The SMILES string of the molecule is O=C(O)N(CCc1ccccn1)Cc1cccc(O)c1. The van der Waals surface area contributed by atoms with Crippen molar-refractivity contribution >= 4 is 6.09 Å². The van der Waals surface area contributed by atoms with Crippen LogP contribution in [0.4, 0.5) is 4.79 Å². The summed E-state index contributed by atoms with van der Waals surface area (Å²) in [6.07, 6.45) is 1.27. The maximum atomic E-state index is 11.3. The number of rotatable bonds is 5. The first-order valence-electron chi connectivity index (χ1n) is 6.31. The van der Waals surface area contributed by atoms with Gasteiger partial charge in [-0.3, -0.25) is 4.98 Å². The van der Waals surface area contributed by atoms with Gasteiger partial charge in [0.2, 0.25) is 0 Å². The largest absolute Gasteiger partial charge is 0.508 e. The molecule has 104 valence electrons. The van der Waals surface area contributed by atoms with E-state index < -0.39 is 6.09 Å². The minimum absolute atomic E-state index is 0.137. The number of aromatic hydroxyl groups is 1. The molecule has 1 heterocycles. The van der Waals surface area contributed by atoms with Crippen LogP contribution in [0.1, 0.15) is 11.3 Å². The normalized spacial score (nSPS) is 10.2. The molecular weight excluding hydrogens is 256 g/mol. The summed E-state index contributed by atoms with van der Waals surface area (Å²) in [5.74, 6) is 0.137. The van der Waals surface area contributed by atoms with Gasteiger partial charge < -0.3 is 15.1 Å². The Morgan fingerprint density at radius 3 is 2.70 bits per heavy atom. The summed E-state index contributed by atoms with van der Waals surface area (Å²) in [6, 6.07) is 12.2. The average molecular weight is 272 g/mol. The molecule has 0 aliphatic heterocycles. The summed E-state index contributed by atoms with van der Waals surface area (Å²) in [5.41, 5.74) is 1.61. The minimum Gasteiger partial charge on any atom is -0.508 e. The van der Waals surface area contributed by atoms with Gasteiger partial charge in [0.1, 0.15) is 5.75 Å². The second kappa shape index (κ2) is 6.56. The third kappa shape index (κ3) is 3.98. The van der Waals surface area contributed by atoms with Crippen molar-refractivity contribution in [3.63, 3.8) is 0 Å². The zero-order valence-electron chi connectivity index (χ0n) is 10.9. The van der Waals surface area contributed by atoms with Crippen molar-refractivity contribution in [1.29, 1.82) is 0 Å². The van der Waals surface area contributed by atoms with E-state index in [0.717, 1.165) is 11.3 Å². The Hall–Kier alpha value is -2.56. The molecular formula is C15H16N2O3. The lowest BCUT2D eigenvalue weighted by Gasteiger charge is -2.19. The molecule has 0 bridgehead atoms. The van der Waals surface area contributed by atoms with E-state index in [1.807, 2.05) is 18.2 Å². The Bertz CT molecular complexity index is 572. The fourth-order valence-corrected chi connectivity index (χ4v) is 1.91. The second-order valence-electron chi connectivity index (χ2n) is 4.45. The number of benzene rings is 1. The van der Waals surface area contributed by atoms with Crippen molar-refractivity contribution in [2.45, 2.75) is 13.0 Å². The molecule has 1 aromatic heterocycles. The van der Waals surface area contributed by atoms with E-state index in [9.17, 15) is 15.0 Å². The molecule has 1 amide bonds. The topological polar surface area (TPSA) is 73.7 Å². The van der Waals surface area contributed by atoms with Gasteiger partial charge in [0.05, 0.1) is 0 Å². The van der Waals surface area contributed by atoms with Crippen molar-refractivity contribution in [3.05, 3.63) is 59.9 Å². The molecule has 5 nitrogen and oxygen atoms in total. The number of carbonyl (C=O) groups is 1. The third-order valence-corrected chi connectivity index (χ3v) is 2.92. The third-order valence-electron chi connectivity index (χ3n) is 2.92. The first-order chi connectivity index (χ1) is 9.65. The van der Waals surface area contributed by atoms with Crippen LogP contribution in [0.3, 0.4) is 0 Å². The van der Waals surface area contributed by atoms with Crippen LogP contribution in [0.15, 0.2) is 48.7 Å². The van der Waals surface area contributed by atoms with Gasteiger partial charge in [-0.2, -0.15) is 0 Å². The summed E-state index contributed by atoms with van der Waals surface area (Å²) in [5, 5.41) is 18.6. The molecule has 1 aromatic carbocycles. The predicted octanol–water partition coefficient (Wildman–Crippen LogP) is 2.51. The van der Waals surface area contributed by atoms with Crippen LogP contribution in [0.2, 0.25) is 0 Å². The van der Waals surface area contributed by atoms with E-state index >= 15 is 0 Å². The molecule has 0 fully saturated rings. The number of hydrogen-bond donors (Lipinski definition) is 2. The zero-order valence-corrected chi connectivity index (χ0v) is 10.9. The highest BCUT2D eigenvalue weighted by Gasteiger charge is 2.12. The Morgan fingerprint density at radius 2 is 2.05 bits per heavy atom.